The number of nitrogens with zero attached hydrogens (tertiary/aromatic N) is 1. The van der Waals surface area contributed by atoms with Crippen molar-refractivity contribution in [2.75, 3.05) is 5.73 Å². The number of anilines is 1. The Morgan fingerprint density at radius 2 is 2.40 bits per heavy atom. The summed E-state index contributed by atoms with van der Waals surface area (Å²) in [4.78, 5) is 14.3. The van der Waals surface area contributed by atoms with Gasteiger partial charge >= 0.3 is 0 Å². The molecule has 0 unspecified atom stereocenters. The van der Waals surface area contributed by atoms with Crippen molar-refractivity contribution in [2.24, 2.45) is 0 Å². The molecule has 5 heteroatoms. The minimum absolute atomic E-state index is 0.211. The smallest absolute Gasteiger partial charge is 0.235 e. The van der Waals surface area contributed by atoms with Crippen molar-refractivity contribution in [3.8, 4) is 5.88 Å². The van der Waals surface area contributed by atoms with Crippen molar-refractivity contribution < 1.29 is 9.90 Å². The molecule has 1 rings (SSSR count). The summed E-state index contributed by atoms with van der Waals surface area (Å²) in [5, 5.41) is 9.11. The van der Waals surface area contributed by atoms with E-state index >= 15 is 0 Å². The number of carbonyl (C=O) groups excluding carboxylic acids is 1. The lowest BCUT2D eigenvalue weighted by Crippen LogP contribution is -1.85. The highest BCUT2D eigenvalue weighted by Crippen LogP contribution is 2.25. The molecular formula is C5H6N2O2S. The highest BCUT2D eigenvalue weighted by molar-refractivity contribution is 7.17. The summed E-state index contributed by atoms with van der Waals surface area (Å²) in [6.45, 7) is 1.35. The monoisotopic (exact) mass is 158 g/mol. The predicted molar refractivity (Wildman–Crippen MR) is 38.2 cm³/mol. The Balaban J connectivity index is 3.15. The average molecular weight is 158 g/mol. The minimum atomic E-state index is -0.269. The molecule has 0 aromatic carbocycles. The zero-order valence-electron chi connectivity index (χ0n) is 5.29. The molecule has 0 bridgehead atoms. The van der Waals surface area contributed by atoms with Crippen LogP contribution in [0.3, 0.4) is 0 Å². The number of aromatic hydroxyl groups is 1. The van der Waals surface area contributed by atoms with Gasteiger partial charge in [-0.2, -0.15) is 4.98 Å². The number of ketones is 1. The van der Waals surface area contributed by atoms with Crippen LogP contribution >= 0.6 is 11.3 Å². The van der Waals surface area contributed by atoms with E-state index in [1.165, 1.54) is 6.92 Å². The van der Waals surface area contributed by atoms with Crippen molar-refractivity contribution in [1.29, 1.82) is 0 Å². The van der Waals surface area contributed by atoms with E-state index in [-0.39, 0.29) is 21.7 Å². The predicted octanol–water partition coefficient (Wildman–Crippen LogP) is 0.633. The molecule has 0 radical (unpaired) electrons. The molecule has 4 nitrogen and oxygen atoms in total. The normalized spacial score (nSPS) is 9.70. The molecule has 0 fully saturated rings. The van der Waals surface area contributed by atoms with Crippen LogP contribution < -0.4 is 5.73 Å². The molecule has 0 aliphatic rings. The number of rotatable bonds is 1. The van der Waals surface area contributed by atoms with Crippen LogP contribution in [0.4, 0.5) is 5.13 Å². The highest BCUT2D eigenvalue weighted by Gasteiger charge is 2.11. The molecule has 0 atom stereocenters. The Morgan fingerprint density at radius 3 is 2.60 bits per heavy atom. The summed E-state index contributed by atoms with van der Waals surface area (Å²) in [5.74, 6) is -0.485. The van der Waals surface area contributed by atoms with E-state index in [1.807, 2.05) is 0 Å². The zero-order chi connectivity index (χ0) is 7.72. The Labute approximate surface area is 61.3 Å². The van der Waals surface area contributed by atoms with Gasteiger partial charge in [0.1, 0.15) is 4.88 Å². The quantitative estimate of drug-likeness (QED) is 0.588. The Kier molecular flexibility index (Phi) is 1.58. The summed E-state index contributed by atoms with van der Waals surface area (Å²) >= 11 is 0.990. The van der Waals surface area contributed by atoms with Crippen molar-refractivity contribution in [1.82, 2.24) is 4.98 Å². The molecule has 0 spiro atoms. The third-order valence-corrected chi connectivity index (χ3v) is 1.92. The number of hydrogen-bond acceptors (Lipinski definition) is 5. The van der Waals surface area contributed by atoms with Crippen LogP contribution in [-0.2, 0) is 0 Å². The van der Waals surface area contributed by atoms with Gasteiger partial charge in [0.15, 0.2) is 10.9 Å². The van der Waals surface area contributed by atoms with E-state index in [1.54, 1.807) is 0 Å². The van der Waals surface area contributed by atoms with Gasteiger partial charge in [0, 0.05) is 6.92 Å². The van der Waals surface area contributed by atoms with Gasteiger partial charge < -0.3 is 10.8 Å². The minimum Gasteiger partial charge on any atom is -0.492 e. The van der Waals surface area contributed by atoms with Gasteiger partial charge in [-0.25, -0.2) is 0 Å². The lowest BCUT2D eigenvalue weighted by atomic mass is 10.4. The fourth-order valence-corrected chi connectivity index (χ4v) is 1.18. The summed E-state index contributed by atoms with van der Waals surface area (Å²) < 4.78 is 0. The van der Waals surface area contributed by atoms with Crippen LogP contribution in [0.25, 0.3) is 0 Å². The zero-order valence-corrected chi connectivity index (χ0v) is 6.10. The van der Waals surface area contributed by atoms with Gasteiger partial charge in [-0.1, -0.05) is 11.3 Å². The first kappa shape index (κ1) is 7.01. The first-order valence-corrected chi connectivity index (χ1v) is 3.39. The topological polar surface area (TPSA) is 76.2 Å². The van der Waals surface area contributed by atoms with E-state index in [0.29, 0.717) is 0 Å². The second-order valence-electron chi connectivity index (χ2n) is 1.76. The molecule has 0 aliphatic heterocycles. The van der Waals surface area contributed by atoms with Gasteiger partial charge in [0.2, 0.25) is 5.88 Å². The third kappa shape index (κ3) is 1.08. The van der Waals surface area contributed by atoms with Gasteiger partial charge in [-0.3, -0.25) is 4.79 Å². The van der Waals surface area contributed by atoms with Crippen LogP contribution in [0, 0.1) is 0 Å². The van der Waals surface area contributed by atoms with Crippen LogP contribution in [0.2, 0.25) is 0 Å². The molecule has 10 heavy (non-hydrogen) atoms. The number of hydrogen-bond donors (Lipinski definition) is 2. The lowest BCUT2D eigenvalue weighted by Gasteiger charge is -1.84. The van der Waals surface area contributed by atoms with Gasteiger partial charge in [0.25, 0.3) is 0 Å². The van der Waals surface area contributed by atoms with E-state index < -0.39 is 0 Å². The molecule has 0 saturated carbocycles. The number of nitrogens with two attached hydrogens (primary N) is 1. The van der Waals surface area contributed by atoms with Gasteiger partial charge in [-0.15, -0.1) is 0 Å². The van der Waals surface area contributed by atoms with Gasteiger partial charge in [-0.05, 0) is 0 Å². The maximum absolute atomic E-state index is 10.6. The Morgan fingerprint density at radius 1 is 1.80 bits per heavy atom. The molecule has 1 heterocycles. The van der Waals surface area contributed by atoms with E-state index in [9.17, 15) is 4.79 Å². The van der Waals surface area contributed by atoms with Crippen molar-refractivity contribution in [2.45, 2.75) is 6.92 Å². The summed E-state index contributed by atoms with van der Waals surface area (Å²) in [5.41, 5.74) is 5.21. The average Bonchev–Trinajstić information content (AvgIpc) is 2.10. The van der Waals surface area contributed by atoms with E-state index in [2.05, 4.69) is 4.98 Å². The molecule has 0 amide bonds. The van der Waals surface area contributed by atoms with Gasteiger partial charge in [0.05, 0.1) is 0 Å². The number of thiazole rings is 1. The van der Waals surface area contributed by atoms with E-state index in [0.717, 1.165) is 11.3 Å². The standard InChI is InChI=1S/C5H6N2O2S/c1-2(8)3-4(9)7-5(6)10-3/h9H,1H3,(H2,6,7). The fraction of sp³-hybridized carbons (Fsp3) is 0.200. The molecule has 1 aromatic heterocycles. The molecular weight excluding hydrogens is 152 g/mol. The largest absolute Gasteiger partial charge is 0.492 e. The summed E-state index contributed by atoms with van der Waals surface area (Å²) in [7, 11) is 0. The molecule has 54 valence electrons. The molecule has 0 saturated heterocycles. The molecule has 3 N–H and O–H groups in total. The first-order chi connectivity index (χ1) is 4.61. The van der Waals surface area contributed by atoms with Crippen LogP contribution in [0.5, 0.6) is 5.88 Å². The number of aromatic nitrogens is 1. The van der Waals surface area contributed by atoms with Crippen LogP contribution in [0.1, 0.15) is 16.6 Å². The molecule has 1 aromatic rings. The van der Waals surface area contributed by atoms with Crippen molar-refractivity contribution in [3.05, 3.63) is 4.88 Å². The Hall–Kier alpha value is -1.10. The fourth-order valence-electron chi connectivity index (χ4n) is 0.557. The summed E-state index contributed by atoms with van der Waals surface area (Å²) in [6.07, 6.45) is 0. The van der Waals surface area contributed by atoms with Crippen LogP contribution in [0.15, 0.2) is 0 Å². The maximum atomic E-state index is 10.6. The van der Waals surface area contributed by atoms with Crippen molar-refractivity contribution in [3.63, 3.8) is 0 Å². The SMILES string of the molecule is CC(=O)c1sc(N)nc1O. The maximum Gasteiger partial charge on any atom is 0.235 e. The highest BCUT2D eigenvalue weighted by atomic mass is 32.1. The second-order valence-corrected chi connectivity index (χ2v) is 2.79. The number of nitrogen functional groups attached to an aromatic ring is 1. The number of Topliss-reactive ketones (excluding diaryl/α,β-unsaturated/α-hetero) is 1. The van der Waals surface area contributed by atoms with Crippen molar-refractivity contribution >= 4 is 22.3 Å². The van der Waals surface area contributed by atoms with Crippen LogP contribution in [-0.4, -0.2) is 15.9 Å². The second kappa shape index (κ2) is 2.26. The lowest BCUT2D eigenvalue weighted by molar-refractivity contribution is 0.101. The summed E-state index contributed by atoms with van der Waals surface area (Å²) in [6, 6.07) is 0. The number of carbonyl (C=O) groups is 1. The Bertz CT molecular complexity index is 269. The molecule has 0 aliphatic carbocycles. The third-order valence-electron chi connectivity index (χ3n) is 0.946. The van der Waals surface area contributed by atoms with E-state index in [4.69, 9.17) is 10.8 Å². The first-order valence-electron chi connectivity index (χ1n) is 2.57.